The Morgan fingerprint density at radius 1 is 1.29 bits per heavy atom. The summed E-state index contributed by atoms with van der Waals surface area (Å²) in [6.45, 7) is 7.59. The van der Waals surface area contributed by atoms with Crippen molar-refractivity contribution in [3.8, 4) is 0 Å². The fourth-order valence-electron chi connectivity index (χ4n) is 3.26. The maximum Gasteiger partial charge on any atom is 0.170 e. The first-order valence-corrected chi connectivity index (χ1v) is 9.18. The predicted molar refractivity (Wildman–Crippen MR) is 102 cm³/mol. The summed E-state index contributed by atoms with van der Waals surface area (Å²) < 4.78 is 2.25. The molecule has 0 aromatic carbocycles. The van der Waals surface area contributed by atoms with Gasteiger partial charge < -0.3 is 14.8 Å². The van der Waals surface area contributed by atoms with E-state index in [-0.39, 0.29) is 12.1 Å². The largest absolute Gasteiger partial charge is 0.352 e. The number of nitrogens with one attached hydrogen (secondary N) is 1. The molecule has 0 amide bonds. The molecular formula is C19H26N4S. The summed E-state index contributed by atoms with van der Waals surface area (Å²) in [6, 6.07) is 9.04. The zero-order valence-electron chi connectivity index (χ0n) is 14.6. The topological polar surface area (TPSA) is 33.1 Å². The molecule has 2 aromatic heterocycles. The van der Waals surface area contributed by atoms with Gasteiger partial charge in [-0.25, -0.2) is 0 Å². The van der Waals surface area contributed by atoms with Gasteiger partial charge in [0.05, 0.1) is 17.8 Å². The minimum absolute atomic E-state index is 0.0959. The van der Waals surface area contributed by atoms with Gasteiger partial charge in [-0.05, 0) is 56.2 Å². The summed E-state index contributed by atoms with van der Waals surface area (Å²) in [5.74, 6) is 0. The third-order valence-corrected chi connectivity index (χ3v) is 4.98. The summed E-state index contributed by atoms with van der Waals surface area (Å²) in [6.07, 6.45) is 8.56. The predicted octanol–water partition coefficient (Wildman–Crippen LogP) is 4.24. The Labute approximate surface area is 149 Å². The number of nitrogens with zero attached hydrogens (tertiary/aromatic N) is 3. The van der Waals surface area contributed by atoms with Crippen LogP contribution in [0.1, 0.15) is 63.0 Å². The van der Waals surface area contributed by atoms with Crippen LogP contribution in [0.15, 0.2) is 42.9 Å². The fraction of sp³-hybridized carbons (Fsp3) is 0.474. The molecule has 4 nitrogen and oxygen atoms in total. The highest BCUT2D eigenvalue weighted by atomic mass is 32.1. The summed E-state index contributed by atoms with van der Waals surface area (Å²) >= 11 is 5.65. The molecule has 0 spiro atoms. The van der Waals surface area contributed by atoms with E-state index in [1.807, 2.05) is 18.3 Å². The van der Waals surface area contributed by atoms with E-state index in [4.69, 9.17) is 12.2 Å². The quantitative estimate of drug-likeness (QED) is 0.796. The maximum absolute atomic E-state index is 5.65. The highest BCUT2D eigenvalue weighted by Crippen LogP contribution is 2.38. The van der Waals surface area contributed by atoms with Crippen LogP contribution in [0.4, 0.5) is 0 Å². The van der Waals surface area contributed by atoms with Crippen LogP contribution in [0, 0.1) is 0 Å². The zero-order valence-corrected chi connectivity index (χ0v) is 15.5. The van der Waals surface area contributed by atoms with Crippen molar-refractivity contribution < 1.29 is 0 Å². The van der Waals surface area contributed by atoms with Gasteiger partial charge in [-0.1, -0.05) is 19.4 Å². The third kappa shape index (κ3) is 3.31. The first-order chi connectivity index (χ1) is 11.6. The molecule has 0 bridgehead atoms. The first kappa shape index (κ1) is 17.0. The van der Waals surface area contributed by atoms with Gasteiger partial charge in [-0.2, -0.15) is 0 Å². The maximum atomic E-state index is 5.65. The van der Waals surface area contributed by atoms with Crippen molar-refractivity contribution in [2.75, 3.05) is 6.54 Å². The summed E-state index contributed by atoms with van der Waals surface area (Å²) in [5, 5.41) is 4.34. The van der Waals surface area contributed by atoms with Crippen molar-refractivity contribution in [1.82, 2.24) is 19.8 Å². The molecule has 1 saturated heterocycles. The van der Waals surface area contributed by atoms with Crippen molar-refractivity contribution in [2.24, 2.45) is 0 Å². The van der Waals surface area contributed by atoms with Crippen LogP contribution in [0.5, 0.6) is 0 Å². The average Bonchev–Trinajstić information content (AvgIpc) is 3.18. The van der Waals surface area contributed by atoms with Crippen LogP contribution in [0.25, 0.3) is 0 Å². The van der Waals surface area contributed by atoms with Gasteiger partial charge in [0.1, 0.15) is 0 Å². The zero-order chi connectivity index (χ0) is 17.1. The van der Waals surface area contributed by atoms with E-state index in [0.717, 1.165) is 30.2 Å². The molecule has 2 aromatic rings. The fourth-order valence-corrected chi connectivity index (χ4v) is 3.60. The van der Waals surface area contributed by atoms with Gasteiger partial charge in [0.25, 0.3) is 0 Å². The Balaban J connectivity index is 1.96. The average molecular weight is 343 g/mol. The number of hydrogen-bond acceptors (Lipinski definition) is 2. The van der Waals surface area contributed by atoms with Crippen LogP contribution in [0.3, 0.4) is 0 Å². The van der Waals surface area contributed by atoms with Crippen LogP contribution >= 0.6 is 12.2 Å². The van der Waals surface area contributed by atoms with Crippen LogP contribution in [-0.4, -0.2) is 26.1 Å². The van der Waals surface area contributed by atoms with Crippen LogP contribution < -0.4 is 5.32 Å². The highest BCUT2D eigenvalue weighted by molar-refractivity contribution is 7.80. The first-order valence-electron chi connectivity index (χ1n) is 8.77. The molecule has 2 unspecified atom stereocenters. The number of unbranched alkanes of at least 4 members (excludes halogenated alkanes) is 1. The summed E-state index contributed by atoms with van der Waals surface area (Å²) in [4.78, 5) is 6.90. The molecule has 1 N–H and O–H groups in total. The van der Waals surface area contributed by atoms with Gasteiger partial charge in [0.15, 0.2) is 5.11 Å². The SMILES string of the molecule is CCCCN1C(=S)NC(c2ccccn2)C1c1ccn(C(C)C)c1. The van der Waals surface area contributed by atoms with Crippen LogP contribution in [0.2, 0.25) is 0 Å². The monoisotopic (exact) mass is 342 g/mol. The second kappa shape index (κ2) is 7.34. The van der Waals surface area contributed by atoms with E-state index in [0.29, 0.717) is 6.04 Å². The Hall–Kier alpha value is -1.88. The molecule has 0 radical (unpaired) electrons. The molecule has 0 aliphatic carbocycles. The van der Waals surface area contributed by atoms with Gasteiger partial charge in [0, 0.05) is 31.2 Å². The minimum Gasteiger partial charge on any atom is -0.352 e. The molecular weight excluding hydrogens is 316 g/mol. The second-order valence-electron chi connectivity index (χ2n) is 6.66. The molecule has 3 heterocycles. The lowest BCUT2D eigenvalue weighted by molar-refractivity contribution is 0.312. The Morgan fingerprint density at radius 3 is 2.75 bits per heavy atom. The standard InChI is InChI=1S/C19H26N4S/c1-4-5-11-23-18(15-9-12-22(13-15)14(2)3)17(21-19(23)24)16-8-6-7-10-20-16/h6-10,12-14,17-18H,4-5,11H2,1-3H3,(H,21,24). The molecule has 128 valence electrons. The third-order valence-electron chi connectivity index (χ3n) is 4.63. The molecule has 1 fully saturated rings. The molecule has 5 heteroatoms. The van der Waals surface area contributed by atoms with E-state index < -0.39 is 0 Å². The van der Waals surface area contributed by atoms with E-state index >= 15 is 0 Å². The van der Waals surface area contributed by atoms with Crippen LogP contribution in [-0.2, 0) is 0 Å². The minimum atomic E-state index is 0.0959. The number of rotatable bonds is 6. The molecule has 1 aliphatic heterocycles. The van der Waals surface area contributed by atoms with Gasteiger partial charge in [0.2, 0.25) is 0 Å². The summed E-state index contributed by atoms with van der Waals surface area (Å²) in [7, 11) is 0. The van der Waals surface area contributed by atoms with Crippen molar-refractivity contribution in [2.45, 2.75) is 51.7 Å². The summed E-state index contributed by atoms with van der Waals surface area (Å²) in [5.41, 5.74) is 2.34. The van der Waals surface area contributed by atoms with Gasteiger partial charge in [-0.15, -0.1) is 0 Å². The van der Waals surface area contributed by atoms with Gasteiger partial charge in [-0.3, -0.25) is 4.98 Å². The number of aromatic nitrogens is 2. The Kier molecular flexibility index (Phi) is 5.19. The highest BCUT2D eigenvalue weighted by Gasteiger charge is 2.39. The van der Waals surface area contributed by atoms with E-state index in [1.165, 1.54) is 5.56 Å². The van der Waals surface area contributed by atoms with Crippen molar-refractivity contribution >= 4 is 17.3 Å². The smallest absolute Gasteiger partial charge is 0.170 e. The normalized spacial score (nSPS) is 20.7. The molecule has 24 heavy (non-hydrogen) atoms. The number of pyridine rings is 1. The van der Waals surface area contributed by atoms with Crippen molar-refractivity contribution in [3.63, 3.8) is 0 Å². The van der Waals surface area contributed by atoms with E-state index in [2.05, 4.69) is 65.1 Å². The Morgan fingerprint density at radius 2 is 2.12 bits per heavy atom. The molecule has 0 saturated carbocycles. The lowest BCUT2D eigenvalue weighted by Gasteiger charge is -2.27. The number of thiocarbonyl (C=S) groups is 1. The molecule has 2 atom stereocenters. The molecule has 1 aliphatic rings. The lowest BCUT2D eigenvalue weighted by atomic mass is 9.99. The second-order valence-corrected chi connectivity index (χ2v) is 7.05. The number of hydrogen-bond donors (Lipinski definition) is 1. The lowest BCUT2D eigenvalue weighted by Crippen LogP contribution is -2.30. The molecule has 3 rings (SSSR count). The van der Waals surface area contributed by atoms with E-state index in [9.17, 15) is 0 Å². The van der Waals surface area contributed by atoms with E-state index in [1.54, 1.807) is 0 Å². The van der Waals surface area contributed by atoms with Gasteiger partial charge >= 0.3 is 0 Å². The van der Waals surface area contributed by atoms with Crippen molar-refractivity contribution in [1.29, 1.82) is 0 Å². The Bertz CT molecular complexity index is 680. The van der Waals surface area contributed by atoms with Crippen molar-refractivity contribution in [3.05, 3.63) is 54.1 Å².